The summed E-state index contributed by atoms with van der Waals surface area (Å²) in [7, 11) is -6.96. The smallest absolute Gasteiger partial charge is 0.308 e. The van der Waals surface area contributed by atoms with Crippen LogP contribution in [0.5, 0.6) is 0 Å². The summed E-state index contributed by atoms with van der Waals surface area (Å²) in [6.07, 6.45) is 1.77. The van der Waals surface area contributed by atoms with Gasteiger partial charge in [-0.2, -0.15) is 8.42 Å². The highest BCUT2D eigenvalue weighted by Gasteiger charge is 2.42. The molecule has 0 saturated carbocycles. The molecule has 1 rings (SSSR count). The topological polar surface area (TPSA) is 78.9 Å². The zero-order valence-electron chi connectivity index (χ0n) is 16.4. The molecule has 0 spiro atoms. The summed E-state index contributed by atoms with van der Waals surface area (Å²) in [5.74, 6) is 0. The Morgan fingerprint density at radius 2 is 1.69 bits per heavy atom. The molecule has 0 heterocycles. The molecule has 0 amide bonds. The molecule has 26 heavy (non-hydrogen) atoms. The lowest BCUT2D eigenvalue weighted by Crippen LogP contribution is -2.23. The maximum Gasteiger partial charge on any atom is 0.336 e. The van der Waals surface area contributed by atoms with Crippen molar-refractivity contribution in [3.8, 4) is 0 Å². The van der Waals surface area contributed by atoms with Crippen LogP contribution < -0.4 is 0 Å². The van der Waals surface area contributed by atoms with E-state index in [4.69, 9.17) is 13.2 Å². The van der Waals surface area contributed by atoms with E-state index in [0.29, 0.717) is 32.5 Å². The number of rotatable bonds is 12. The first-order valence-electron chi connectivity index (χ1n) is 8.93. The van der Waals surface area contributed by atoms with Gasteiger partial charge in [0.05, 0.1) is 29.9 Å². The van der Waals surface area contributed by atoms with Gasteiger partial charge < -0.3 is 9.05 Å². The van der Waals surface area contributed by atoms with Gasteiger partial charge in [0.25, 0.3) is 10.1 Å². The Hall–Kier alpha value is -0.720. The highest BCUT2D eigenvalue weighted by molar-refractivity contribution is 7.86. The third-order valence-corrected chi connectivity index (χ3v) is 8.25. The average Bonchev–Trinajstić information content (AvgIpc) is 2.54. The van der Waals surface area contributed by atoms with E-state index in [1.807, 2.05) is 26.8 Å². The SMILES string of the molecule is CCOP(=O)(OCC)C(C)(C)CCCCOS(=O)(=O)c1cccc(C)c1. The van der Waals surface area contributed by atoms with Crippen molar-refractivity contribution in [2.45, 2.75) is 63.9 Å². The number of unbranched alkanes of at least 4 members (excludes halogenated alkanes) is 1. The van der Waals surface area contributed by atoms with Crippen LogP contribution >= 0.6 is 7.60 Å². The molecular weight excluding hydrogens is 375 g/mol. The second kappa shape index (κ2) is 10.00. The number of aryl methyl sites for hydroxylation is 1. The average molecular weight is 406 g/mol. The predicted molar refractivity (Wildman–Crippen MR) is 103 cm³/mol. The third-order valence-electron chi connectivity index (χ3n) is 4.04. The molecule has 0 unspecified atom stereocenters. The van der Waals surface area contributed by atoms with Crippen molar-refractivity contribution in [1.29, 1.82) is 0 Å². The lowest BCUT2D eigenvalue weighted by Gasteiger charge is -2.32. The van der Waals surface area contributed by atoms with Crippen LogP contribution in [0.1, 0.15) is 52.5 Å². The van der Waals surface area contributed by atoms with Gasteiger partial charge in [-0.25, -0.2) is 0 Å². The molecule has 0 aliphatic heterocycles. The van der Waals surface area contributed by atoms with E-state index in [9.17, 15) is 13.0 Å². The summed E-state index contributed by atoms with van der Waals surface area (Å²) in [4.78, 5) is 0.162. The highest BCUT2D eigenvalue weighted by atomic mass is 32.2. The molecule has 0 aliphatic rings. The molecule has 0 aromatic heterocycles. The molecule has 1 aromatic carbocycles. The molecule has 150 valence electrons. The first kappa shape index (κ1) is 23.3. The second-order valence-electron chi connectivity index (χ2n) is 6.70. The zero-order chi connectivity index (χ0) is 19.8. The summed E-state index contributed by atoms with van der Waals surface area (Å²) < 4.78 is 53.2. The van der Waals surface area contributed by atoms with E-state index >= 15 is 0 Å². The molecule has 0 atom stereocenters. The summed E-state index contributed by atoms with van der Waals surface area (Å²) >= 11 is 0. The number of hydrogen-bond donors (Lipinski definition) is 0. The van der Waals surface area contributed by atoms with Crippen LogP contribution in [0.25, 0.3) is 0 Å². The fraction of sp³-hybridized carbons (Fsp3) is 0.667. The number of benzene rings is 1. The van der Waals surface area contributed by atoms with Crippen molar-refractivity contribution >= 4 is 17.7 Å². The van der Waals surface area contributed by atoms with E-state index in [-0.39, 0.29) is 11.5 Å². The lowest BCUT2D eigenvalue weighted by molar-refractivity contribution is 0.197. The summed E-state index contributed by atoms with van der Waals surface area (Å²) in [5.41, 5.74) is 0.860. The molecule has 0 saturated heterocycles. The van der Waals surface area contributed by atoms with Gasteiger partial charge in [-0.3, -0.25) is 8.75 Å². The van der Waals surface area contributed by atoms with Crippen molar-refractivity contribution < 1.29 is 26.2 Å². The Bertz CT molecular complexity index is 704. The van der Waals surface area contributed by atoms with E-state index in [0.717, 1.165) is 5.56 Å². The minimum atomic E-state index is -3.75. The normalized spacial score (nSPS) is 13.1. The monoisotopic (exact) mass is 406 g/mol. The largest absolute Gasteiger partial charge is 0.336 e. The van der Waals surface area contributed by atoms with Gasteiger partial charge in [0, 0.05) is 0 Å². The van der Waals surface area contributed by atoms with Crippen LogP contribution in [-0.2, 0) is 27.9 Å². The van der Waals surface area contributed by atoms with Crippen LogP contribution in [0.15, 0.2) is 29.2 Å². The highest BCUT2D eigenvalue weighted by Crippen LogP contribution is 2.61. The molecular formula is C18H31O6PS. The van der Waals surface area contributed by atoms with Gasteiger partial charge in [0.15, 0.2) is 0 Å². The first-order valence-corrected chi connectivity index (χ1v) is 11.9. The Kier molecular flexibility index (Phi) is 8.97. The lowest BCUT2D eigenvalue weighted by atomic mass is 10.1. The van der Waals surface area contributed by atoms with Crippen LogP contribution in [0.2, 0.25) is 0 Å². The Labute approximate surface area is 157 Å². The maximum absolute atomic E-state index is 12.9. The van der Waals surface area contributed by atoms with Gasteiger partial charge in [-0.05, 0) is 71.6 Å². The van der Waals surface area contributed by atoms with E-state index in [1.54, 1.807) is 26.0 Å². The molecule has 0 fully saturated rings. The summed E-state index contributed by atoms with van der Waals surface area (Å²) in [5, 5.41) is -0.644. The quantitative estimate of drug-likeness (QED) is 0.279. The minimum Gasteiger partial charge on any atom is -0.308 e. The van der Waals surface area contributed by atoms with Crippen molar-refractivity contribution in [2.75, 3.05) is 19.8 Å². The second-order valence-corrected chi connectivity index (χ2v) is 11.0. The Balaban J connectivity index is 2.54. The molecule has 6 nitrogen and oxygen atoms in total. The fourth-order valence-electron chi connectivity index (χ4n) is 2.53. The zero-order valence-corrected chi connectivity index (χ0v) is 18.1. The molecule has 0 N–H and O–H groups in total. The Morgan fingerprint density at radius 1 is 1.08 bits per heavy atom. The van der Waals surface area contributed by atoms with Crippen molar-refractivity contribution in [1.82, 2.24) is 0 Å². The predicted octanol–water partition coefficient (Wildman–Crippen LogP) is 4.92. The van der Waals surface area contributed by atoms with Gasteiger partial charge in [0.1, 0.15) is 0 Å². The minimum absolute atomic E-state index is 0.0833. The van der Waals surface area contributed by atoms with Gasteiger partial charge in [-0.1, -0.05) is 12.1 Å². The van der Waals surface area contributed by atoms with Crippen molar-refractivity contribution in [3.05, 3.63) is 29.8 Å². The molecule has 1 aromatic rings. The fourth-order valence-corrected chi connectivity index (χ4v) is 5.46. The molecule has 0 radical (unpaired) electrons. The van der Waals surface area contributed by atoms with Crippen molar-refractivity contribution in [2.24, 2.45) is 0 Å². The van der Waals surface area contributed by atoms with Crippen LogP contribution in [0, 0.1) is 6.92 Å². The van der Waals surface area contributed by atoms with Crippen LogP contribution in [0.3, 0.4) is 0 Å². The first-order chi connectivity index (χ1) is 12.1. The summed E-state index contributed by atoms with van der Waals surface area (Å²) in [6, 6.07) is 6.62. The standard InChI is InChI=1S/C18H31O6PS/c1-6-22-25(19,23-7-2)18(4,5)13-8-9-14-24-26(20,21)17-12-10-11-16(3)15-17/h10-12,15H,6-9,13-14H2,1-5H3. The Morgan fingerprint density at radius 3 is 2.23 bits per heavy atom. The molecule has 0 aliphatic carbocycles. The molecule has 0 bridgehead atoms. The van der Waals surface area contributed by atoms with Gasteiger partial charge in [-0.15, -0.1) is 0 Å². The van der Waals surface area contributed by atoms with Gasteiger partial charge in [0.2, 0.25) is 0 Å². The van der Waals surface area contributed by atoms with Crippen molar-refractivity contribution in [3.63, 3.8) is 0 Å². The maximum atomic E-state index is 12.9. The van der Waals surface area contributed by atoms with E-state index in [2.05, 4.69) is 0 Å². The van der Waals surface area contributed by atoms with E-state index < -0.39 is 22.9 Å². The van der Waals surface area contributed by atoms with Crippen LogP contribution in [0.4, 0.5) is 0 Å². The van der Waals surface area contributed by atoms with Crippen LogP contribution in [-0.4, -0.2) is 33.4 Å². The van der Waals surface area contributed by atoms with Gasteiger partial charge >= 0.3 is 7.60 Å². The third kappa shape index (κ3) is 6.46. The van der Waals surface area contributed by atoms with E-state index in [1.165, 1.54) is 6.07 Å². The number of hydrogen-bond acceptors (Lipinski definition) is 6. The summed E-state index contributed by atoms with van der Waals surface area (Å²) in [6.45, 7) is 9.82. The molecule has 8 heteroatoms.